The lowest BCUT2D eigenvalue weighted by Gasteiger charge is -2.12. The van der Waals surface area contributed by atoms with Gasteiger partial charge in [0.2, 0.25) is 5.91 Å². The first-order valence-corrected chi connectivity index (χ1v) is 7.87. The summed E-state index contributed by atoms with van der Waals surface area (Å²) in [6.45, 7) is 0.230. The van der Waals surface area contributed by atoms with E-state index in [1.807, 2.05) is 35.6 Å². The van der Waals surface area contributed by atoms with Crippen LogP contribution in [0.5, 0.6) is 0 Å². The first kappa shape index (κ1) is 17.4. The standard InChI is InChI=1S/C15H15F3N2O2S/c1-10(14(21)19-9-15(16,17)18)23-8-12-7-13(22-20-12)11-5-3-2-4-6-11/h2-7,10H,8-9H2,1H3,(H,19,21). The van der Waals surface area contributed by atoms with E-state index in [4.69, 9.17) is 4.52 Å². The molecule has 2 rings (SSSR count). The maximum atomic E-state index is 12.1. The minimum atomic E-state index is -4.41. The van der Waals surface area contributed by atoms with Crippen molar-refractivity contribution in [1.29, 1.82) is 0 Å². The van der Waals surface area contributed by atoms with E-state index in [1.54, 1.807) is 13.0 Å². The van der Waals surface area contributed by atoms with Crippen LogP contribution in [-0.2, 0) is 10.5 Å². The van der Waals surface area contributed by atoms with Gasteiger partial charge in [-0.25, -0.2) is 0 Å². The van der Waals surface area contributed by atoms with Gasteiger partial charge in [-0.2, -0.15) is 13.2 Å². The van der Waals surface area contributed by atoms with E-state index in [-0.39, 0.29) is 0 Å². The zero-order chi connectivity index (χ0) is 16.9. The van der Waals surface area contributed by atoms with Crippen molar-refractivity contribution in [2.24, 2.45) is 0 Å². The topological polar surface area (TPSA) is 55.1 Å². The Bertz CT molecular complexity index is 644. The summed E-state index contributed by atoms with van der Waals surface area (Å²) in [4.78, 5) is 11.6. The molecule has 0 saturated heterocycles. The number of thioether (sulfide) groups is 1. The molecule has 0 fully saturated rings. The zero-order valence-electron chi connectivity index (χ0n) is 12.3. The second-order valence-electron chi connectivity index (χ2n) is 4.83. The third kappa shape index (κ3) is 5.63. The smallest absolute Gasteiger partial charge is 0.356 e. The highest BCUT2D eigenvalue weighted by molar-refractivity contribution is 7.99. The minimum absolute atomic E-state index is 0.372. The summed E-state index contributed by atoms with van der Waals surface area (Å²) >= 11 is 1.19. The highest BCUT2D eigenvalue weighted by Gasteiger charge is 2.28. The van der Waals surface area contributed by atoms with Gasteiger partial charge in [-0.05, 0) is 6.92 Å². The number of hydrogen-bond donors (Lipinski definition) is 1. The number of hydrogen-bond acceptors (Lipinski definition) is 4. The fraction of sp³-hybridized carbons (Fsp3) is 0.333. The molecule has 0 saturated carbocycles. The highest BCUT2D eigenvalue weighted by Crippen LogP contribution is 2.23. The van der Waals surface area contributed by atoms with Crippen molar-refractivity contribution in [2.45, 2.75) is 24.1 Å². The third-order valence-corrected chi connectivity index (χ3v) is 4.11. The Morgan fingerprint density at radius 3 is 2.70 bits per heavy atom. The van der Waals surface area contributed by atoms with E-state index in [9.17, 15) is 18.0 Å². The largest absolute Gasteiger partial charge is 0.405 e. The Morgan fingerprint density at radius 1 is 1.35 bits per heavy atom. The van der Waals surface area contributed by atoms with Gasteiger partial charge in [0.1, 0.15) is 6.54 Å². The SMILES string of the molecule is CC(SCc1cc(-c2ccccc2)on1)C(=O)NCC(F)(F)F. The fourth-order valence-electron chi connectivity index (χ4n) is 1.74. The molecule has 124 valence electrons. The highest BCUT2D eigenvalue weighted by atomic mass is 32.2. The summed E-state index contributed by atoms with van der Waals surface area (Å²) < 4.78 is 41.4. The Labute approximate surface area is 135 Å². The molecule has 1 heterocycles. The van der Waals surface area contributed by atoms with Gasteiger partial charge in [0.15, 0.2) is 5.76 Å². The molecular weight excluding hydrogens is 329 g/mol. The van der Waals surface area contributed by atoms with Gasteiger partial charge < -0.3 is 9.84 Å². The van der Waals surface area contributed by atoms with Crippen molar-refractivity contribution < 1.29 is 22.5 Å². The van der Waals surface area contributed by atoms with E-state index in [2.05, 4.69) is 5.16 Å². The van der Waals surface area contributed by atoms with Crippen LogP contribution < -0.4 is 5.32 Å². The maximum Gasteiger partial charge on any atom is 0.405 e. The molecule has 0 spiro atoms. The summed E-state index contributed by atoms with van der Waals surface area (Å²) in [5.74, 6) is 0.325. The third-order valence-electron chi connectivity index (χ3n) is 2.93. The van der Waals surface area contributed by atoms with Crippen LogP contribution in [0.4, 0.5) is 13.2 Å². The summed E-state index contributed by atoms with van der Waals surface area (Å²) in [5.41, 5.74) is 1.51. The van der Waals surface area contributed by atoms with Crippen LogP contribution in [0, 0.1) is 0 Å². The molecular formula is C15H15F3N2O2S. The van der Waals surface area contributed by atoms with Crippen LogP contribution in [0.3, 0.4) is 0 Å². The molecule has 0 aliphatic rings. The molecule has 1 atom stereocenters. The van der Waals surface area contributed by atoms with Crippen LogP contribution in [0.1, 0.15) is 12.6 Å². The Hall–Kier alpha value is -1.96. The predicted molar refractivity (Wildman–Crippen MR) is 81.8 cm³/mol. The van der Waals surface area contributed by atoms with Gasteiger partial charge >= 0.3 is 6.18 Å². The Morgan fingerprint density at radius 2 is 2.04 bits per heavy atom. The Kier molecular flexibility index (Phi) is 5.70. The summed E-state index contributed by atoms with van der Waals surface area (Å²) in [7, 11) is 0. The maximum absolute atomic E-state index is 12.1. The number of aromatic nitrogens is 1. The predicted octanol–water partition coefficient (Wildman–Crippen LogP) is 3.64. The number of amides is 1. The first-order valence-electron chi connectivity index (χ1n) is 6.82. The normalized spacial score (nSPS) is 12.9. The second-order valence-corrected chi connectivity index (χ2v) is 6.16. The number of nitrogens with zero attached hydrogens (tertiary/aromatic N) is 1. The van der Waals surface area contributed by atoms with Crippen molar-refractivity contribution in [1.82, 2.24) is 10.5 Å². The summed E-state index contributed by atoms with van der Waals surface area (Å²) in [6.07, 6.45) is -4.41. The fourth-order valence-corrected chi connectivity index (χ4v) is 2.53. The molecule has 2 aromatic rings. The second kappa shape index (κ2) is 7.54. The van der Waals surface area contributed by atoms with Gasteiger partial charge in [-0.3, -0.25) is 4.79 Å². The van der Waals surface area contributed by atoms with E-state index in [0.29, 0.717) is 17.2 Å². The molecule has 0 aliphatic carbocycles. The number of rotatable bonds is 6. The number of halogens is 3. The Balaban J connectivity index is 1.84. The molecule has 0 bridgehead atoms. The van der Waals surface area contributed by atoms with E-state index in [1.165, 1.54) is 11.8 Å². The number of nitrogens with one attached hydrogen (secondary N) is 1. The van der Waals surface area contributed by atoms with Crippen molar-refractivity contribution >= 4 is 17.7 Å². The van der Waals surface area contributed by atoms with E-state index in [0.717, 1.165) is 5.56 Å². The number of benzene rings is 1. The van der Waals surface area contributed by atoms with Crippen LogP contribution in [0.25, 0.3) is 11.3 Å². The monoisotopic (exact) mass is 344 g/mol. The number of alkyl halides is 3. The molecule has 1 amide bonds. The van der Waals surface area contributed by atoms with Gasteiger partial charge in [0, 0.05) is 17.4 Å². The van der Waals surface area contributed by atoms with Crippen molar-refractivity contribution in [3.63, 3.8) is 0 Å². The van der Waals surface area contributed by atoms with Gasteiger partial charge in [-0.1, -0.05) is 35.5 Å². The van der Waals surface area contributed by atoms with Crippen molar-refractivity contribution in [3.05, 3.63) is 42.1 Å². The number of carbonyl (C=O) groups is 1. The number of carbonyl (C=O) groups excluding carboxylic acids is 1. The molecule has 4 nitrogen and oxygen atoms in total. The quantitative estimate of drug-likeness (QED) is 0.869. The molecule has 0 radical (unpaired) electrons. The van der Waals surface area contributed by atoms with Crippen LogP contribution in [-0.4, -0.2) is 29.0 Å². The average molecular weight is 344 g/mol. The molecule has 1 aromatic carbocycles. The molecule has 23 heavy (non-hydrogen) atoms. The molecule has 1 aromatic heterocycles. The molecule has 1 unspecified atom stereocenters. The lowest BCUT2D eigenvalue weighted by molar-refractivity contribution is -0.137. The van der Waals surface area contributed by atoms with Gasteiger partial charge in [-0.15, -0.1) is 11.8 Å². The van der Waals surface area contributed by atoms with Gasteiger partial charge in [0.05, 0.1) is 10.9 Å². The molecule has 8 heteroatoms. The van der Waals surface area contributed by atoms with Crippen molar-refractivity contribution in [3.8, 4) is 11.3 Å². The van der Waals surface area contributed by atoms with Crippen LogP contribution in [0.2, 0.25) is 0 Å². The average Bonchev–Trinajstić information content (AvgIpc) is 2.99. The molecule has 0 aliphatic heterocycles. The van der Waals surface area contributed by atoms with Crippen LogP contribution in [0.15, 0.2) is 40.9 Å². The van der Waals surface area contributed by atoms with E-state index >= 15 is 0 Å². The minimum Gasteiger partial charge on any atom is -0.356 e. The summed E-state index contributed by atoms with van der Waals surface area (Å²) in [5, 5.41) is 5.15. The van der Waals surface area contributed by atoms with Gasteiger partial charge in [0.25, 0.3) is 0 Å². The van der Waals surface area contributed by atoms with Crippen LogP contribution >= 0.6 is 11.8 Å². The summed E-state index contributed by atoms with van der Waals surface area (Å²) in [6, 6.07) is 11.1. The van der Waals surface area contributed by atoms with E-state index < -0.39 is 23.9 Å². The molecule has 1 N–H and O–H groups in total. The van der Waals surface area contributed by atoms with Crippen molar-refractivity contribution in [2.75, 3.05) is 6.54 Å². The first-order chi connectivity index (χ1) is 10.8. The lowest BCUT2D eigenvalue weighted by Crippen LogP contribution is -2.38. The zero-order valence-corrected chi connectivity index (χ0v) is 13.1. The lowest BCUT2D eigenvalue weighted by atomic mass is 10.2.